The lowest BCUT2D eigenvalue weighted by molar-refractivity contribution is 1.04. The summed E-state index contributed by atoms with van der Waals surface area (Å²) in [5.74, 6) is 0.769. The van der Waals surface area contributed by atoms with E-state index >= 15 is 0 Å². The second-order valence-corrected chi connectivity index (χ2v) is 6.76. The van der Waals surface area contributed by atoms with Gasteiger partial charge in [-0.3, -0.25) is 0 Å². The maximum Gasteiger partial charge on any atom is 0.225 e. The zero-order chi connectivity index (χ0) is 13.4. The normalized spacial score (nSPS) is 11.1. The molecule has 3 rings (SSSR count). The summed E-state index contributed by atoms with van der Waals surface area (Å²) < 4.78 is 0. The molecule has 0 fully saturated rings. The number of fused-ring (bicyclic) bond motifs is 1. The quantitative estimate of drug-likeness (QED) is 0.742. The molecule has 0 bridgehead atoms. The Kier molecular flexibility index (Phi) is 3.38. The predicted octanol–water partition coefficient (Wildman–Crippen LogP) is 4.03. The van der Waals surface area contributed by atoms with Gasteiger partial charge in [0.2, 0.25) is 5.28 Å². The van der Waals surface area contributed by atoms with Crippen LogP contribution >= 0.6 is 34.3 Å². The molecule has 0 aliphatic carbocycles. The fourth-order valence-corrected chi connectivity index (χ4v) is 3.53. The molecule has 0 saturated carbocycles. The molecule has 0 atom stereocenters. The first-order valence-corrected chi connectivity index (χ1v) is 7.78. The molecule has 3 aromatic heterocycles. The molecule has 4 nitrogen and oxygen atoms in total. The van der Waals surface area contributed by atoms with E-state index in [1.807, 2.05) is 19.2 Å². The topological polar surface area (TPSA) is 50.7 Å². The fourth-order valence-electron chi connectivity index (χ4n) is 1.81. The number of nitrogens with zero attached hydrogens (tertiary/aromatic N) is 3. The SMILES string of the molecule is Cc1cc2c(NCc3csc(C)n3)nc(Cl)nc2s1. The summed E-state index contributed by atoms with van der Waals surface area (Å²) in [5.41, 5.74) is 1.01. The van der Waals surface area contributed by atoms with Crippen molar-refractivity contribution in [1.29, 1.82) is 0 Å². The molecule has 0 aliphatic heterocycles. The first kappa shape index (κ1) is 12.8. The van der Waals surface area contributed by atoms with E-state index in [0.29, 0.717) is 6.54 Å². The van der Waals surface area contributed by atoms with E-state index in [-0.39, 0.29) is 5.28 Å². The third kappa shape index (κ3) is 2.70. The summed E-state index contributed by atoms with van der Waals surface area (Å²) in [6.07, 6.45) is 0. The van der Waals surface area contributed by atoms with Crippen LogP contribution in [0.15, 0.2) is 11.4 Å². The maximum atomic E-state index is 5.95. The van der Waals surface area contributed by atoms with Crippen LogP contribution in [0.3, 0.4) is 0 Å². The number of anilines is 1. The monoisotopic (exact) mass is 310 g/mol. The largest absolute Gasteiger partial charge is 0.364 e. The van der Waals surface area contributed by atoms with Crippen molar-refractivity contribution in [2.45, 2.75) is 20.4 Å². The minimum atomic E-state index is 0.270. The van der Waals surface area contributed by atoms with Crippen LogP contribution in [0.25, 0.3) is 10.2 Å². The number of rotatable bonds is 3. The number of thiazole rings is 1. The molecule has 1 N–H and O–H groups in total. The van der Waals surface area contributed by atoms with Crippen LogP contribution in [0.5, 0.6) is 0 Å². The minimum Gasteiger partial charge on any atom is -0.364 e. The summed E-state index contributed by atoms with van der Waals surface area (Å²) >= 11 is 9.21. The third-order valence-corrected chi connectivity index (χ3v) is 4.53. The second-order valence-electron chi connectivity index (χ2n) is 4.13. The van der Waals surface area contributed by atoms with Crippen LogP contribution in [0.2, 0.25) is 5.28 Å². The van der Waals surface area contributed by atoms with Gasteiger partial charge >= 0.3 is 0 Å². The predicted molar refractivity (Wildman–Crippen MR) is 81.3 cm³/mol. The van der Waals surface area contributed by atoms with Gasteiger partial charge in [-0.25, -0.2) is 15.0 Å². The average molecular weight is 311 g/mol. The molecule has 0 radical (unpaired) electrons. The number of halogens is 1. The van der Waals surface area contributed by atoms with E-state index in [1.165, 1.54) is 4.88 Å². The molecular formula is C12H11ClN4S2. The second kappa shape index (κ2) is 5.03. The molecule has 0 amide bonds. The van der Waals surface area contributed by atoms with Gasteiger partial charge < -0.3 is 5.32 Å². The smallest absolute Gasteiger partial charge is 0.225 e. The lowest BCUT2D eigenvalue weighted by Crippen LogP contribution is -2.02. The van der Waals surface area contributed by atoms with Gasteiger partial charge in [-0.2, -0.15) is 0 Å². The van der Waals surface area contributed by atoms with Crippen LogP contribution in [0, 0.1) is 13.8 Å². The van der Waals surface area contributed by atoms with Gasteiger partial charge in [0.25, 0.3) is 0 Å². The van der Waals surface area contributed by atoms with Gasteiger partial charge in [0.1, 0.15) is 10.6 Å². The van der Waals surface area contributed by atoms with Crippen molar-refractivity contribution >= 4 is 50.3 Å². The minimum absolute atomic E-state index is 0.270. The Bertz CT molecular complexity index is 734. The maximum absolute atomic E-state index is 5.95. The van der Waals surface area contributed by atoms with E-state index in [4.69, 9.17) is 11.6 Å². The van der Waals surface area contributed by atoms with Crippen molar-refractivity contribution < 1.29 is 0 Å². The van der Waals surface area contributed by atoms with Crippen molar-refractivity contribution in [2.24, 2.45) is 0 Å². The van der Waals surface area contributed by atoms with Gasteiger partial charge in [-0.05, 0) is 31.5 Å². The molecule has 0 spiro atoms. The summed E-state index contributed by atoms with van der Waals surface area (Å²) in [6, 6.07) is 2.07. The average Bonchev–Trinajstić information content (AvgIpc) is 2.91. The first-order valence-electron chi connectivity index (χ1n) is 5.70. The van der Waals surface area contributed by atoms with Gasteiger partial charge in [-0.1, -0.05) is 0 Å². The van der Waals surface area contributed by atoms with Crippen molar-refractivity contribution in [1.82, 2.24) is 15.0 Å². The van der Waals surface area contributed by atoms with Crippen molar-refractivity contribution in [3.05, 3.63) is 32.3 Å². The van der Waals surface area contributed by atoms with E-state index in [2.05, 4.69) is 26.3 Å². The molecule has 0 aliphatic rings. The number of aromatic nitrogens is 3. The molecule has 0 saturated heterocycles. The third-order valence-electron chi connectivity index (χ3n) is 2.59. The Balaban J connectivity index is 1.91. The molecule has 0 unspecified atom stereocenters. The van der Waals surface area contributed by atoms with Gasteiger partial charge in [0, 0.05) is 10.3 Å². The number of aryl methyl sites for hydroxylation is 2. The Hall–Kier alpha value is -1.24. The molecule has 19 heavy (non-hydrogen) atoms. The van der Waals surface area contributed by atoms with Crippen molar-refractivity contribution in [3.8, 4) is 0 Å². The Labute approximate surface area is 123 Å². The lowest BCUT2D eigenvalue weighted by atomic mass is 10.3. The molecule has 3 heterocycles. The number of thiophene rings is 1. The van der Waals surface area contributed by atoms with E-state index < -0.39 is 0 Å². The Morgan fingerprint density at radius 1 is 1.26 bits per heavy atom. The molecule has 7 heteroatoms. The van der Waals surface area contributed by atoms with Crippen LogP contribution in [0.1, 0.15) is 15.6 Å². The number of nitrogens with one attached hydrogen (secondary N) is 1. The summed E-state index contributed by atoms with van der Waals surface area (Å²) in [5, 5.41) is 7.68. The van der Waals surface area contributed by atoms with Crippen LogP contribution in [-0.2, 0) is 6.54 Å². The molecule has 98 valence electrons. The van der Waals surface area contributed by atoms with Gasteiger partial charge in [0.15, 0.2) is 0 Å². The zero-order valence-electron chi connectivity index (χ0n) is 10.4. The van der Waals surface area contributed by atoms with E-state index in [1.54, 1.807) is 22.7 Å². The lowest BCUT2D eigenvalue weighted by Gasteiger charge is -2.05. The standard InChI is InChI=1S/C12H11ClN4S2/c1-6-3-9-10(16-12(13)17-11(9)19-6)14-4-8-5-18-7(2)15-8/h3,5H,4H2,1-2H3,(H,14,16,17). The Morgan fingerprint density at radius 2 is 2.11 bits per heavy atom. The van der Waals surface area contributed by atoms with Crippen molar-refractivity contribution in [3.63, 3.8) is 0 Å². The molecular weight excluding hydrogens is 300 g/mol. The highest BCUT2D eigenvalue weighted by Crippen LogP contribution is 2.29. The highest BCUT2D eigenvalue weighted by molar-refractivity contribution is 7.18. The van der Waals surface area contributed by atoms with E-state index in [9.17, 15) is 0 Å². The van der Waals surface area contributed by atoms with Crippen LogP contribution in [-0.4, -0.2) is 15.0 Å². The fraction of sp³-hybridized carbons (Fsp3) is 0.250. The zero-order valence-corrected chi connectivity index (χ0v) is 12.8. The summed E-state index contributed by atoms with van der Waals surface area (Å²) in [6.45, 7) is 4.69. The first-order chi connectivity index (χ1) is 9.11. The molecule has 0 aromatic carbocycles. The van der Waals surface area contributed by atoms with Crippen LogP contribution in [0.4, 0.5) is 5.82 Å². The summed E-state index contributed by atoms with van der Waals surface area (Å²) in [7, 11) is 0. The number of hydrogen-bond donors (Lipinski definition) is 1. The van der Waals surface area contributed by atoms with Gasteiger partial charge in [-0.15, -0.1) is 22.7 Å². The van der Waals surface area contributed by atoms with E-state index in [0.717, 1.165) is 26.7 Å². The van der Waals surface area contributed by atoms with Gasteiger partial charge in [0.05, 0.1) is 22.6 Å². The van der Waals surface area contributed by atoms with Crippen LogP contribution < -0.4 is 5.32 Å². The van der Waals surface area contributed by atoms with Crippen molar-refractivity contribution in [2.75, 3.05) is 5.32 Å². The Morgan fingerprint density at radius 3 is 2.84 bits per heavy atom. The number of hydrogen-bond acceptors (Lipinski definition) is 6. The highest BCUT2D eigenvalue weighted by atomic mass is 35.5. The highest BCUT2D eigenvalue weighted by Gasteiger charge is 2.10. The summed E-state index contributed by atoms with van der Waals surface area (Å²) in [4.78, 5) is 15.0. The molecule has 3 aromatic rings.